The molecule has 1 fully saturated rings. The zero-order valence-corrected chi connectivity index (χ0v) is 16.3. The normalized spacial score (nSPS) is 25.1. The number of rotatable bonds is 7. The molecular formula is C19H22ClNO4S. The number of hydrogen-bond donors (Lipinski definition) is 1. The lowest BCUT2D eigenvalue weighted by atomic mass is 10.1. The second-order valence-corrected chi connectivity index (χ2v) is 8.93. The zero-order valence-electron chi connectivity index (χ0n) is 14.7. The van der Waals surface area contributed by atoms with Crippen LogP contribution in [0, 0.1) is 0 Å². The summed E-state index contributed by atoms with van der Waals surface area (Å²) in [6, 6.07) is 13.5. The monoisotopic (exact) mass is 395 g/mol. The van der Waals surface area contributed by atoms with E-state index in [0.717, 1.165) is 5.56 Å². The van der Waals surface area contributed by atoms with Crippen molar-refractivity contribution < 1.29 is 17.9 Å². The predicted octanol–water partition coefficient (Wildman–Crippen LogP) is 3.02. The highest BCUT2D eigenvalue weighted by molar-refractivity contribution is 7.92. The molecule has 140 valence electrons. The van der Waals surface area contributed by atoms with Crippen molar-refractivity contribution in [1.82, 2.24) is 0 Å². The maximum absolute atomic E-state index is 13.2. The van der Waals surface area contributed by atoms with Crippen LogP contribution in [0.1, 0.15) is 18.4 Å². The third-order valence-electron chi connectivity index (χ3n) is 4.81. The van der Waals surface area contributed by atoms with Crippen LogP contribution < -0.4 is 10.5 Å². The van der Waals surface area contributed by atoms with Gasteiger partial charge in [0.15, 0.2) is 9.84 Å². The Morgan fingerprint density at radius 3 is 2.27 bits per heavy atom. The Labute approximate surface area is 159 Å². The van der Waals surface area contributed by atoms with E-state index in [2.05, 4.69) is 0 Å². The Kier molecular flexibility index (Phi) is 5.30. The number of ether oxygens (including phenoxy) is 2. The molecule has 0 saturated heterocycles. The molecule has 26 heavy (non-hydrogen) atoms. The number of hydrogen-bond acceptors (Lipinski definition) is 5. The van der Waals surface area contributed by atoms with Gasteiger partial charge < -0.3 is 15.2 Å². The van der Waals surface area contributed by atoms with E-state index >= 15 is 0 Å². The first-order valence-corrected chi connectivity index (χ1v) is 10.3. The maximum Gasteiger partial charge on any atom is 0.183 e. The van der Waals surface area contributed by atoms with E-state index in [4.69, 9.17) is 26.8 Å². The van der Waals surface area contributed by atoms with Gasteiger partial charge in [-0.25, -0.2) is 8.42 Å². The second kappa shape index (κ2) is 7.19. The van der Waals surface area contributed by atoms with E-state index in [9.17, 15) is 8.42 Å². The first kappa shape index (κ1) is 19.2. The van der Waals surface area contributed by atoms with Crippen molar-refractivity contribution >= 4 is 21.4 Å². The van der Waals surface area contributed by atoms with E-state index in [0.29, 0.717) is 17.4 Å². The minimum absolute atomic E-state index is 0.178. The topological polar surface area (TPSA) is 78.6 Å². The first-order valence-electron chi connectivity index (χ1n) is 8.34. The number of halogens is 1. The third kappa shape index (κ3) is 3.34. The molecule has 2 aromatic carbocycles. The molecule has 0 spiro atoms. The van der Waals surface area contributed by atoms with E-state index in [1.54, 1.807) is 31.4 Å². The number of benzene rings is 2. The summed E-state index contributed by atoms with van der Waals surface area (Å²) in [7, 11) is -2.04. The summed E-state index contributed by atoms with van der Waals surface area (Å²) >= 11 is 5.88. The average Bonchev–Trinajstić information content (AvgIpc) is 3.27. The number of nitrogens with two attached hydrogens (primary N) is 1. The molecule has 0 aliphatic heterocycles. The van der Waals surface area contributed by atoms with Crippen LogP contribution >= 0.6 is 11.6 Å². The fourth-order valence-corrected chi connectivity index (χ4v) is 5.83. The average molecular weight is 396 g/mol. The Morgan fingerprint density at radius 1 is 1.12 bits per heavy atom. The summed E-state index contributed by atoms with van der Waals surface area (Å²) in [6.07, 6.45) is 0. The molecule has 2 aromatic rings. The predicted molar refractivity (Wildman–Crippen MR) is 102 cm³/mol. The van der Waals surface area contributed by atoms with Crippen molar-refractivity contribution in [3.8, 4) is 5.75 Å². The highest BCUT2D eigenvalue weighted by atomic mass is 35.5. The molecule has 1 saturated carbocycles. The summed E-state index contributed by atoms with van der Waals surface area (Å²) in [4.78, 5) is 0.217. The zero-order chi connectivity index (χ0) is 18.9. The summed E-state index contributed by atoms with van der Waals surface area (Å²) in [5.74, 6) is 0.361. The van der Waals surface area contributed by atoms with E-state index in [1.807, 2.05) is 19.1 Å². The van der Waals surface area contributed by atoms with Crippen molar-refractivity contribution in [2.45, 2.75) is 28.5 Å². The van der Waals surface area contributed by atoms with Gasteiger partial charge in [-0.05, 0) is 48.9 Å². The van der Waals surface area contributed by atoms with Gasteiger partial charge in [0.25, 0.3) is 0 Å². The van der Waals surface area contributed by atoms with Crippen LogP contribution in [0.15, 0.2) is 53.4 Å². The van der Waals surface area contributed by atoms with Crippen LogP contribution in [0.4, 0.5) is 0 Å². The van der Waals surface area contributed by atoms with Crippen molar-refractivity contribution in [3.63, 3.8) is 0 Å². The van der Waals surface area contributed by atoms with E-state index in [-0.39, 0.29) is 17.4 Å². The van der Waals surface area contributed by atoms with Gasteiger partial charge in [-0.15, -0.1) is 0 Å². The number of methoxy groups -OCH3 is 1. The molecule has 3 atom stereocenters. The fraction of sp³-hybridized carbons (Fsp3) is 0.368. The van der Waals surface area contributed by atoms with Crippen LogP contribution in [-0.4, -0.2) is 39.5 Å². The lowest BCUT2D eigenvalue weighted by molar-refractivity contribution is 0.125. The van der Waals surface area contributed by atoms with Crippen LogP contribution in [-0.2, 0) is 14.6 Å². The van der Waals surface area contributed by atoms with E-state index < -0.39 is 20.6 Å². The molecule has 0 bridgehead atoms. The molecular weight excluding hydrogens is 374 g/mol. The van der Waals surface area contributed by atoms with E-state index in [1.165, 1.54) is 12.1 Å². The molecule has 0 unspecified atom stereocenters. The summed E-state index contributed by atoms with van der Waals surface area (Å²) in [5.41, 5.74) is 6.40. The summed E-state index contributed by atoms with van der Waals surface area (Å²) in [5, 5.41) is -0.268. The van der Waals surface area contributed by atoms with Gasteiger partial charge in [0.05, 0.1) is 29.4 Å². The standard InChI is InChI=1S/C19H22ClNO4S/c1-3-25-12-19(21)17(13-4-8-15(24-2)9-5-13)18(19)26(22,23)16-10-6-14(20)7-11-16/h4-11,17-18H,3,12,21H2,1-2H3/t17-,18-,19+/m1/s1. The van der Waals surface area contributed by atoms with Crippen LogP contribution in [0.25, 0.3) is 0 Å². The molecule has 1 aliphatic carbocycles. The summed E-state index contributed by atoms with van der Waals surface area (Å²) < 4.78 is 37.1. The Bertz CT molecular complexity index is 867. The molecule has 0 aromatic heterocycles. The minimum Gasteiger partial charge on any atom is -0.497 e. The second-order valence-electron chi connectivity index (χ2n) is 6.42. The van der Waals surface area contributed by atoms with Gasteiger partial charge in [0.2, 0.25) is 0 Å². The van der Waals surface area contributed by atoms with Gasteiger partial charge >= 0.3 is 0 Å². The third-order valence-corrected chi connectivity index (χ3v) is 7.37. The molecule has 1 aliphatic rings. The lowest BCUT2D eigenvalue weighted by Crippen LogP contribution is -2.36. The minimum atomic E-state index is -3.63. The van der Waals surface area contributed by atoms with Gasteiger partial charge in [-0.2, -0.15) is 0 Å². The lowest BCUT2D eigenvalue weighted by Gasteiger charge is -2.12. The highest BCUT2D eigenvalue weighted by Crippen LogP contribution is 2.56. The number of sulfone groups is 1. The van der Waals surface area contributed by atoms with Gasteiger partial charge in [-0.1, -0.05) is 23.7 Å². The fourth-order valence-electron chi connectivity index (χ4n) is 3.41. The Balaban J connectivity index is 1.97. The van der Waals surface area contributed by atoms with Crippen molar-refractivity contribution in [2.24, 2.45) is 5.73 Å². The van der Waals surface area contributed by atoms with Crippen molar-refractivity contribution in [2.75, 3.05) is 20.3 Å². The highest BCUT2D eigenvalue weighted by Gasteiger charge is 2.69. The van der Waals surface area contributed by atoms with Crippen LogP contribution in [0.2, 0.25) is 5.02 Å². The molecule has 0 heterocycles. The molecule has 3 rings (SSSR count). The Hall–Kier alpha value is -1.60. The largest absolute Gasteiger partial charge is 0.497 e. The van der Waals surface area contributed by atoms with Crippen molar-refractivity contribution in [1.29, 1.82) is 0 Å². The Morgan fingerprint density at radius 2 is 1.73 bits per heavy atom. The van der Waals surface area contributed by atoms with Crippen molar-refractivity contribution in [3.05, 3.63) is 59.1 Å². The van der Waals surface area contributed by atoms with Gasteiger partial charge in [0, 0.05) is 17.5 Å². The van der Waals surface area contributed by atoms with Crippen LogP contribution in [0.3, 0.4) is 0 Å². The molecule has 2 N–H and O–H groups in total. The smallest absolute Gasteiger partial charge is 0.183 e. The SMILES string of the molecule is CCOC[C@]1(N)[C@H](c2ccc(OC)cc2)[C@H]1S(=O)(=O)c1ccc(Cl)cc1. The molecule has 0 amide bonds. The molecule has 0 radical (unpaired) electrons. The van der Waals surface area contributed by atoms with Crippen LogP contribution in [0.5, 0.6) is 5.75 Å². The van der Waals surface area contributed by atoms with Gasteiger partial charge in [0.1, 0.15) is 5.75 Å². The maximum atomic E-state index is 13.2. The summed E-state index contributed by atoms with van der Waals surface area (Å²) in [6.45, 7) is 2.51. The first-order chi connectivity index (χ1) is 12.3. The van der Waals surface area contributed by atoms with Gasteiger partial charge in [-0.3, -0.25) is 0 Å². The molecule has 5 nitrogen and oxygen atoms in total. The quantitative estimate of drug-likeness (QED) is 0.779. The molecule has 7 heteroatoms.